The third kappa shape index (κ3) is 10.9. The Bertz CT molecular complexity index is 1300. The van der Waals surface area contributed by atoms with Gasteiger partial charge in [0, 0.05) is 19.5 Å². The van der Waals surface area contributed by atoms with Gasteiger partial charge in [0.25, 0.3) is 0 Å². The van der Waals surface area contributed by atoms with Gasteiger partial charge in [-0.1, -0.05) is 111 Å². The van der Waals surface area contributed by atoms with Gasteiger partial charge in [-0.2, -0.15) is 0 Å². The second-order valence-corrected chi connectivity index (χ2v) is 11.9. The van der Waals surface area contributed by atoms with Crippen LogP contribution >= 0.6 is 0 Å². The summed E-state index contributed by atoms with van der Waals surface area (Å²) in [6.07, 6.45) is 3.32. The van der Waals surface area contributed by atoms with Crippen molar-refractivity contribution in [2.45, 2.75) is 91.0 Å². The molecule has 0 saturated carbocycles. The van der Waals surface area contributed by atoms with Crippen LogP contribution in [-0.2, 0) is 27.3 Å². The largest absolute Gasteiger partial charge is 0.444 e. The fraction of sp³-hybridized carbons (Fsp3) is 0.417. The molecule has 0 radical (unpaired) electrons. The van der Waals surface area contributed by atoms with Gasteiger partial charge in [0.15, 0.2) is 0 Å². The van der Waals surface area contributed by atoms with Gasteiger partial charge in [-0.25, -0.2) is 4.79 Å². The Morgan fingerprint density at radius 3 is 2.02 bits per heavy atom. The molecule has 3 rings (SSSR count). The monoisotopic (exact) mass is 585 g/mol. The van der Waals surface area contributed by atoms with Crippen LogP contribution in [-0.4, -0.2) is 41.0 Å². The summed E-state index contributed by atoms with van der Waals surface area (Å²) in [5.41, 5.74) is 2.80. The first-order chi connectivity index (χ1) is 20.6. The van der Waals surface area contributed by atoms with Crippen LogP contribution in [0.2, 0.25) is 0 Å². The number of nitrogens with zero attached hydrogens (tertiary/aromatic N) is 1. The number of amides is 3. The molecule has 230 valence electrons. The van der Waals surface area contributed by atoms with Crippen molar-refractivity contribution in [3.8, 4) is 0 Å². The summed E-state index contributed by atoms with van der Waals surface area (Å²) in [4.78, 5) is 43.3. The lowest BCUT2D eigenvalue weighted by Gasteiger charge is -2.35. The second-order valence-electron chi connectivity index (χ2n) is 11.9. The maximum Gasteiger partial charge on any atom is 0.408 e. The van der Waals surface area contributed by atoms with E-state index in [1.165, 1.54) is 0 Å². The van der Waals surface area contributed by atoms with E-state index in [0.717, 1.165) is 47.9 Å². The quantitative estimate of drug-likeness (QED) is 0.202. The van der Waals surface area contributed by atoms with Crippen LogP contribution in [0.5, 0.6) is 0 Å². The number of benzene rings is 3. The fourth-order valence-electron chi connectivity index (χ4n) is 5.00. The maximum atomic E-state index is 14.6. The molecule has 0 bridgehead atoms. The van der Waals surface area contributed by atoms with Crippen molar-refractivity contribution in [2.75, 3.05) is 6.54 Å². The Hall–Kier alpha value is -4.13. The van der Waals surface area contributed by atoms with E-state index in [2.05, 4.69) is 17.6 Å². The van der Waals surface area contributed by atoms with E-state index in [9.17, 15) is 14.4 Å². The second kappa shape index (κ2) is 16.5. The summed E-state index contributed by atoms with van der Waals surface area (Å²) in [7, 11) is 0. The Kier molecular flexibility index (Phi) is 12.8. The SMILES string of the molecule is CCCCCCN(C(=O)C(Cc1ccccc1)NC(=O)OC(C)(C)C)C(C(=O)NCc1ccccc1)c1ccccc1C. The number of alkyl carbamates (subject to hydrolysis) is 1. The van der Waals surface area contributed by atoms with Crippen molar-refractivity contribution >= 4 is 17.9 Å². The normalized spacial score (nSPS) is 12.6. The number of nitrogens with one attached hydrogen (secondary N) is 2. The highest BCUT2D eigenvalue weighted by molar-refractivity contribution is 5.92. The molecule has 0 aliphatic rings. The van der Waals surface area contributed by atoms with Crippen LogP contribution in [0.4, 0.5) is 4.79 Å². The van der Waals surface area contributed by atoms with E-state index in [0.29, 0.717) is 13.1 Å². The van der Waals surface area contributed by atoms with Gasteiger partial charge >= 0.3 is 6.09 Å². The van der Waals surface area contributed by atoms with Crippen LogP contribution in [0.25, 0.3) is 0 Å². The molecule has 0 saturated heterocycles. The Morgan fingerprint density at radius 1 is 0.814 bits per heavy atom. The maximum absolute atomic E-state index is 14.6. The highest BCUT2D eigenvalue weighted by Gasteiger charge is 2.36. The Labute approximate surface area is 257 Å². The van der Waals surface area contributed by atoms with E-state index >= 15 is 0 Å². The van der Waals surface area contributed by atoms with Gasteiger partial charge in [-0.3, -0.25) is 9.59 Å². The first-order valence-corrected chi connectivity index (χ1v) is 15.3. The van der Waals surface area contributed by atoms with Crippen molar-refractivity contribution in [1.82, 2.24) is 15.5 Å². The Morgan fingerprint density at radius 2 is 1.42 bits per heavy atom. The molecule has 7 nitrogen and oxygen atoms in total. The van der Waals surface area contributed by atoms with Gasteiger partial charge in [0.2, 0.25) is 11.8 Å². The lowest BCUT2D eigenvalue weighted by molar-refractivity contribution is -0.142. The molecule has 3 amide bonds. The minimum atomic E-state index is -0.933. The van der Waals surface area contributed by atoms with E-state index in [1.54, 1.807) is 25.7 Å². The van der Waals surface area contributed by atoms with E-state index in [-0.39, 0.29) is 18.2 Å². The minimum Gasteiger partial charge on any atom is -0.444 e. The van der Waals surface area contributed by atoms with Crippen molar-refractivity contribution in [2.24, 2.45) is 0 Å². The molecule has 0 aliphatic heterocycles. The fourth-order valence-corrected chi connectivity index (χ4v) is 5.00. The van der Waals surface area contributed by atoms with Crippen LogP contribution in [0.3, 0.4) is 0 Å². The van der Waals surface area contributed by atoms with Crippen molar-refractivity contribution in [3.63, 3.8) is 0 Å². The summed E-state index contributed by atoms with van der Waals surface area (Å²) in [5, 5.41) is 5.91. The summed E-state index contributed by atoms with van der Waals surface area (Å²) < 4.78 is 5.55. The molecule has 43 heavy (non-hydrogen) atoms. The number of carbonyl (C=O) groups excluding carboxylic acids is 3. The topological polar surface area (TPSA) is 87.7 Å². The van der Waals surface area contributed by atoms with E-state index < -0.39 is 23.8 Å². The lowest BCUT2D eigenvalue weighted by Crippen LogP contribution is -2.54. The van der Waals surface area contributed by atoms with Crippen molar-refractivity contribution in [3.05, 3.63) is 107 Å². The highest BCUT2D eigenvalue weighted by Crippen LogP contribution is 2.27. The Balaban J connectivity index is 2.02. The van der Waals surface area contributed by atoms with Crippen LogP contribution < -0.4 is 10.6 Å². The standard InChI is InChI=1S/C36H47N3O4/c1-6-7-8-17-24-39(34(41)31(25-28-19-11-9-12-20-28)38-35(42)43-36(3,4)5)32(30-23-16-15-18-27(30)2)33(40)37-26-29-21-13-10-14-22-29/h9-16,18-23,31-32H,6-8,17,24-26H2,1-5H3,(H,37,40)(H,38,42). The predicted molar refractivity (Wildman–Crippen MR) is 171 cm³/mol. The van der Waals surface area contributed by atoms with Crippen molar-refractivity contribution < 1.29 is 19.1 Å². The molecule has 0 aliphatic carbocycles. The first-order valence-electron chi connectivity index (χ1n) is 15.3. The number of carbonyl (C=O) groups is 3. The predicted octanol–water partition coefficient (Wildman–Crippen LogP) is 6.90. The number of aryl methyl sites for hydroxylation is 1. The molecule has 2 N–H and O–H groups in total. The van der Waals surface area contributed by atoms with E-state index in [1.807, 2.05) is 91.9 Å². The van der Waals surface area contributed by atoms with Gasteiger partial charge in [0.1, 0.15) is 17.7 Å². The smallest absolute Gasteiger partial charge is 0.408 e. The molecule has 2 unspecified atom stereocenters. The minimum absolute atomic E-state index is 0.260. The highest BCUT2D eigenvalue weighted by atomic mass is 16.6. The molecule has 7 heteroatoms. The molecule has 2 atom stereocenters. The zero-order valence-electron chi connectivity index (χ0n) is 26.3. The third-order valence-electron chi connectivity index (χ3n) is 7.16. The molecule has 0 heterocycles. The lowest BCUT2D eigenvalue weighted by atomic mass is 9.96. The number of hydrogen-bond donors (Lipinski definition) is 2. The molecule has 0 spiro atoms. The van der Waals surface area contributed by atoms with Gasteiger partial charge < -0.3 is 20.3 Å². The number of unbranched alkanes of at least 4 members (excludes halogenated alkanes) is 3. The average Bonchev–Trinajstić information content (AvgIpc) is 2.97. The molecule has 3 aromatic carbocycles. The van der Waals surface area contributed by atoms with Crippen LogP contribution in [0, 0.1) is 6.92 Å². The number of hydrogen-bond acceptors (Lipinski definition) is 4. The van der Waals surface area contributed by atoms with Crippen molar-refractivity contribution in [1.29, 1.82) is 0 Å². The summed E-state index contributed by atoms with van der Waals surface area (Å²) >= 11 is 0. The average molecular weight is 586 g/mol. The van der Waals surface area contributed by atoms with Gasteiger partial charge in [-0.05, 0) is 56.4 Å². The third-order valence-corrected chi connectivity index (χ3v) is 7.16. The van der Waals surface area contributed by atoms with E-state index in [4.69, 9.17) is 4.74 Å². The van der Waals surface area contributed by atoms with Crippen LogP contribution in [0.1, 0.15) is 81.7 Å². The summed E-state index contributed by atoms with van der Waals surface area (Å²) in [6, 6.07) is 25.1. The van der Waals surface area contributed by atoms with Gasteiger partial charge in [-0.15, -0.1) is 0 Å². The first kappa shape index (κ1) is 33.4. The number of ether oxygens (including phenoxy) is 1. The number of rotatable bonds is 14. The molecule has 0 aromatic heterocycles. The molecular weight excluding hydrogens is 538 g/mol. The summed E-state index contributed by atoms with van der Waals surface area (Å²) in [5.74, 6) is -0.591. The molecular formula is C36H47N3O4. The summed E-state index contributed by atoms with van der Waals surface area (Å²) in [6.45, 7) is 10.1. The zero-order chi connectivity index (χ0) is 31.2. The van der Waals surface area contributed by atoms with Gasteiger partial charge in [0.05, 0.1) is 0 Å². The molecule has 0 fully saturated rings. The zero-order valence-corrected chi connectivity index (χ0v) is 26.3. The van der Waals surface area contributed by atoms with Crippen LogP contribution in [0.15, 0.2) is 84.9 Å². The molecule has 3 aromatic rings.